The number of hydrogen-bond acceptors (Lipinski definition) is 4. The molecule has 1 aromatic rings. The molecule has 0 saturated carbocycles. The molecule has 1 rings (SSSR count). The first-order chi connectivity index (χ1) is 8.40. The first kappa shape index (κ1) is 14.7. The maximum Gasteiger partial charge on any atom is 0.345 e. The van der Waals surface area contributed by atoms with Crippen molar-refractivity contribution in [3.63, 3.8) is 0 Å². The zero-order valence-electron chi connectivity index (χ0n) is 9.71. The Hall–Kier alpha value is -1.36. The standard InChI is InChI=1S/C11H13NO4S2/c1-3-5-8(4-2)12-18(15,16)10-7-6-9(17-10)11(13)14/h1,6-8,12H,4-5H2,2H3,(H,13,14). The SMILES string of the molecule is C#CCC(CC)NS(=O)(=O)c1ccc(C(=O)O)s1. The Kier molecular flexibility index (Phi) is 4.90. The van der Waals surface area contributed by atoms with Crippen molar-refractivity contribution >= 4 is 27.3 Å². The number of carbonyl (C=O) groups is 1. The quantitative estimate of drug-likeness (QED) is 0.777. The smallest absolute Gasteiger partial charge is 0.345 e. The maximum atomic E-state index is 12.0. The number of sulfonamides is 1. The molecular formula is C11H13NO4S2. The first-order valence-electron chi connectivity index (χ1n) is 5.19. The van der Waals surface area contributed by atoms with Crippen molar-refractivity contribution in [1.29, 1.82) is 0 Å². The lowest BCUT2D eigenvalue weighted by molar-refractivity contribution is 0.0702. The topological polar surface area (TPSA) is 83.5 Å². The predicted molar refractivity (Wildman–Crippen MR) is 69.1 cm³/mol. The van der Waals surface area contributed by atoms with Gasteiger partial charge in [-0.3, -0.25) is 0 Å². The van der Waals surface area contributed by atoms with Gasteiger partial charge >= 0.3 is 5.97 Å². The highest BCUT2D eigenvalue weighted by Crippen LogP contribution is 2.22. The highest BCUT2D eigenvalue weighted by molar-refractivity contribution is 7.91. The summed E-state index contributed by atoms with van der Waals surface area (Å²) >= 11 is 0.717. The molecule has 98 valence electrons. The summed E-state index contributed by atoms with van der Waals surface area (Å²) in [5.74, 6) is 1.26. The number of terminal acetylenes is 1. The molecule has 0 fully saturated rings. The van der Waals surface area contributed by atoms with Crippen LogP contribution in [0.3, 0.4) is 0 Å². The summed E-state index contributed by atoms with van der Waals surface area (Å²) in [6.07, 6.45) is 6.01. The summed E-state index contributed by atoms with van der Waals surface area (Å²) < 4.78 is 26.3. The predicted octanol–water partition coefficient (Wildman–Crippen LogP) is 1.53. The first-order valence-corrected chi connectivity index (χ1v) is 7.49. The Morgan fingerprint density at radius 2 is 2.28 bits per heavy atom. The fraction of sp³-hybridized carbons (Fsp3) is 0.364. The molecule has 1 heterocycles. The van der Waals surface area contributed by atoms with Crippen LogP contribution in [0.15, 0.2) is 16.3 Å². The van der Waals surface area contributed by atoms with E-state index in [0.717, 1.165) is 0 Å². The fourth-order valence-corrected chi connectivity index (χ4v) is 3.75. The minimum atomic E-state index is -3.70. The highest BCUT2D eigenvalue weighted by Gasteiger charge is 2.21. The number of hydrogen-bond donors (Lipinski definition) is 2. The Balaban J connectivity index is 2.92. The summed E-state index contributed by atoms with van der Waals surface area (Å²) in [5, 5.41) is 8.74. The monoisotopic (exact) mass is 287 g/mol. The Morgan fingerprint density at radius 3 is 2.72 bits per heavy atom. The normalized spacial score (nSPS) is 12.9. The van der Waals surface area contributed by atoms with E-state index < -0.39 is 16.0 Å². The van der Waals surface area contributed by atoms with E-state index in [0.29, 0.717) is 24.2 Å². The second-order valence-electron chi connectivity index (χ2n) is 3.56. The van der Waals surface area contributed by atoms with E-state index in [4.69, 9.17) is 11.5 Å². The van der Waals surface area contributed by atoms with Crippen LogP contribution >= 0.6 is 11.3 Å². The van der Waals surface area contributed by atoms with Gasteiger partial charge in [-0.25, -0.2) is 17.9 Å². The van der Waals surface area contributed by atoms with Crippen LogP contribution in [0.2, 0.25) is 0 Å². The number of carboxylic acid groups (broad SMARTS) is 1. The molecule has 7 heteroatoms. The molecule has 0 saturated heterocycles. The molecule has 0 bridgehead atoms. The van der Waals surface area contributed by atoms with Gasteiger partial charge in [0.15, 0.2) is 0 Å². The maximum absolute atomic E-state index is 12.0. The third kappa shape index (κ3) is 3.57. The van der Waals surface area contributed by atoms with Crippen molar-refractivity contribution < 1.29 is 18.3 Å². The van der Waals surface area contributed by atoms with Crippen molar-refractivity contribution in [2.45, 2.75) is 30.0 Å². The van der Waals surface area contributed by atoms with Crippen molar-refractivity contribution in [3.05, 3.63) is 17.0 Å². The molecule has 0 radical (unpaired) electrons. The summed E-state index contributed by atoms with van der Waals surface area (Å²) in [7, 11) is -3.70. The Bertz CT molecular complexity index is 568. The van der Waals surface area contributed by atoms with E-state index in [2.05, 4.69) is 10.6 Å². The number of aromatic carboxylic acids is 1. The molecule has 1 unspecified atom stereocenters. The van der Waals surface area contributed by atoms with Crippen LogP contribution in [0.4, 0.5) is 0 Å². The average molecular weight is 287 g/mol. The zero-order chi connectivity index (χ0) is 13.8. The van der Waals surface area contributed by atoms with E-state index in [9.17, 15) is 13.2 Å². The van der Waals surface area contributed by atoms with Crippen LogP contribution in [0.25, 0.3) is 0 Å². The summed E-state index contributed by atoms with van der Waals surface area (Å²) in [6.45, 7) is 1.82. The molecule has 0 amide bonds. The molecule has 0 aliphatic carbocycles. The Labute approximate surface area is 110 Å². The van der Waals surface area contributed by atoms with Gasteiger partial charge in [0.1, 0.15) is 9.09 Å². The lowest BCUT2D eigenvalue weighted by Crippen LogP contribution is -2.33. The van der Waals surface area contributed by atoms with Gasteiger partial charge in [-0.15, -0.1) is 23.7 Å². The Morgan fingerprint density at radius 1 is 1.61 bits per heavy atom. The van der Waals surface area contributed by atoms with Crippen LogP contribution in [-0.4, -0.2) is 25.5 Å². The van der Waals surface area contributed by atoms with Crippen molar-refractivity contribution in [2.24, 2.45) is 0 Å². The highest BCUT2D eigenvalue weighted by atomic mass is 32.2. The molecule has 0 aliphatic heterocycles. The van der Waals surface area contributed by atoms with Crippen LogP contribution in [0.5, 0.6) is 0 Å². The van der Waals surface area contributed by atoms with E-state index in [-0.39, 0.29) is 15.1 Å². The van der Waals surface area contributed by atoms with Gasteiger partial charge in [0.2, 0.25) is 10.0 Å². The number of thiophene rings is 1. The molecular weight excluding hydrogens is 274 g/mol. The average Bonchev–Trinajstić information content (AvgIpc) is 2.78. The van der Waals surface area contributed by atoms with Gasteiger partial charge in [-0.2, -0.15) is 0 Å². The zero-order valence-corrected chi connectivity index (χ0v) is 11.3. The van der Waals surface area contributed by atoms with E-state index in [1.165, 1.54) is 12.1 Å². The second kappa shape index (κ2) is 6.00. The third-order valence-electron chi connectivity index (χ3n) is 2.24. The van der Waals surface area contributed by atoms with Gasteiger partial charge in [-0.05, 0) is 18.6 Å². The molecule has 1 aromatic heterocycles. The molecule has 18 heavy (non-hydrogen) atoms. The lowest BCUT2D eigenvalue weighted by Gasteiger charge is -2.13. The summed E-state index contributed by atoms with van der Waals surface area (Å²) in [5.41, 5.74) is 0. The molecule has 1 atom stereocenters. The van der Waals surface area contributed by atoms with Crippen molar-refractivity contribution in [2.75, 3.05) is 0 Å². The van der Waals surface area contributed by atoms with Crippen LogP contribution in [0, 0.1) is 12.3 Å². The van der Waals surface area contributed by atoms with Crippen molar-refractivity contribution in [3.8, 4) is 12.3 Å². The van der Waals surface area contributed by atoms with Crippen LogP contribution in [-0.2, 0) is 10.0 Å². The molecule has 2 N–H and O–H groups in total. The van der Waals surface area contributed by atoms with Gasteiger partial charge < -0.3 is 5.11 Å². The second-order valence-corrected chi connectivity index (χ2v) is 6.58. The van der Waals surface area contributed by atoms with Crippen molar-refractivity contribution in [1.82, 2.24) is 4.72 Å². The molecule has 0 aliphatic rings. The van der Waals surface area contributed by atoms with E-state index >= 15 is 0 Å². The number of carboxylic acids is 1. The summed E-state index contributed by atoms with van der Waals surface area (Å²) in [4.78, 5) is 10.7. The van der Waals surface area contributed by atoms with E-state index in [1.54, 1.807) is 0 Å². The third-order valence-corrected chi connectivity index (χ3v) is 5.32. The number of rotatable bonds is 6. The largest absolute Gasteiger partial charge is 0.477 e. The molecule has 0 spiro atoms. The van der Waals surface area contributed by atoms with Crippen LogP contribution in [0.1, 0.15) is 29.4 Å². The van der Waals surface area contributed by atoms with Crippen LogP contribution < -0.4 is 4.72 Å². The molecule has 0 aromatic carbocycles. The summed E-state index contributed by atoms with van der Waals surface area (Å²) in [6, 6.07) is 2.21. The molecule has 5 nitrogen and oxygen atoms in total. The van der Waals surface area contributed by atoms with Gasteiger partial charge in [0, 0.05) is 12.5 Å². The minimum Gasteiger partial charge on any atom is -0.477 e. The lowest BCUT2D eigenvalue weighted by atomic mass is 10.2. The van der Waals surface area contributed by atoms with Gasteiger partial charge in [-0.1, -0.05) is 6.92 Å². The van der Waals surface area contributed by atoms with E-state index in [1.807, 2.05) is 6.92 Å². The number of nitrogens with one attached hydrogen (secondary N) is 1. The van der Waals surface area contributed by atoms with Gasteiger partial charge in [0.05, 0.1) is 0 Å². The minimum absolute atomic E-state index is 0.0135. The fourth-order valence-electron chi connectivity index (χ4n) is 1.27. The van der Waals surface area contributed by atoms with Gasteiger partial charge in [0.25, 0.3) is 0 Å².